The molecule has 0 spiro atoms. The number of likely N-dealkylation sites (tertiary alicyclic amines) is 1. The zero-order valence-electron chi connectivity index (χ0n) is 16.1. The molecule has 0 radical (unpaired) electrons. The third-order valence-electron chi connectivity index (χ3n) is 6.84. The summed E-state index contributed by atoms with van der Waals surface area (Å²) in [6.07, 6.45) is 6.27. The highest BCUT2D eigenvalue weighted by atomic mass is 16.7. The van der Waals surface area contributed by atoms with Crippen LogP contribution >= 0.6 is 0 Å². The molecule has 3 fully saturated rings. The van der Waals surface area contributed by atoms with Gasteiger partial charge in [-0.3, -0.25) is 4.79 Å². The smallest absolute Gasteiger partial charge is 0.308 e. The fourth-order valence-corrected chi connectivity index (χ4v) is 5.32. The van der Waals surface area contributed by atoms with Gasteiger partial charge in [-0.2, -0.15) is 0 Å². The number of esters is 1. The molecule has 4 nitrogen and oxygen atoms in total. The lowest BCUT2D eigenvalue weighted by Gasteiger charge is -2.43. The third kappa shape index (κ3) is 3.37. The van der Waals surface area contributed by atoms with Crippen LogP contribution in [0, 0.1) is 23.2 Å². The predicted octanol–water partition coefficient (Wildman–Crippen LogP) is 3.84. The molecule has 138 valence electrons. The summed E-state index contributed by atoms with van der Waals surface area (Å²) in [5.41, 5.74) is -0.218. The summed E-state index contributed by atoms with van der Waals surface area (Å²) in [6, 6.07) is 0.382. The Morgan fingerprint density at radius 3 is 2.67 bits per heavy atom. The summed E-state index contributed by atoms with van der Waals surface area (Å²) in [7, 11) is 2.17. The van der Waals surface area contributed by atoms with E-state index in [0.717, 1.165) is 19.4 Å². The number of ether oxygens (including phenoxy) is 2. The van der Waals surface area contributed by atoms with Crippen LogP contribution in [0.5, 0.6) is 0 Å². The zero-order valence-corrected chi connectivity index (χ0v) is 16.1. The van der Waals surface area contributed by atoms with Crippen LogP contribution in [0.4, 0.5) is 0 Å². The molecule has 24 heavy (non-hydrogen) atoms. The molecular weight excluding hydrogens is 302 g/mol. The van der Waals surface area contributed by atoms with E-state index in [1.165, 1.54) is 19.3 Å². The monoisotopic (exact) mass is 337 g/mol. The van der Waals surface area contributed by atoms with Crippen LogP contribution in [0.3, 0.4) is 0 Å². The van der Waals surface area contributed by atoms with E-state index in [1.807, 2.05) is 0 Å². The molecule has 1 saturated carbocycles. The first-order chi connectivity index (χ1) is 11.3. The largest absolute Gasteiger partial charge is 0.435 e. The number of hydrogen-bond acceptors (Lipinski definition) is 4. The Morgan fingerprint density at radius 2 is 2.04 bits per heavy atom. The van der Waals surface area contributed by atoms with Crippen molar-refractivity contribution >= 4 is 5.97 Å². The second kappa shape index (κ2) is 6.95. The average Bonchev–Trinajstić information content (AvgIpc) is 3.03. The number of hydrogen-bond donors (Lipinski definition) is 0. The van der Waals surface area contributed by atoms with E-state index in [4.69, 9.17) is 9.47 Å². The van der Waals surface area contributed by atoms with Crippen molar-refractivity contribution in [1.82, 2.24) is 4.90 Å². The lowest BCUT2D eigenvalue weighted by atomic mass is 9.74. The molecule has 0 aromatic heterocycles. The molecule has 2 heterocycles. The fraction of sp³-hybridized carbons (Fsp3) is 0.950. The van der Waals surface area contributed by atoms with E-state index in [2.05, 4.69) is 39.6 Å². The van der Waals surface area contributed by atoms with Crippen LogP contribution in [0.2, 0.25) is 0 Å². The van der Waals surface area contributed by atoms with E-state index in [9.17, 15) is 4.79 Å². The zero-order chi connectivity index (χ0) is 17.5. The van der Waals surface area contributed by atoms with Crippen molar-refractivity contribution in [1.29, 1.82) is 0 Å². The maximum Gasteiger partial charge on any atom is 0.308 e. The van der Waals surface area contributed by atoms with Gasteiger partial charge in [0.1, 0.15) is 0 Å². The SMILES string of the molecule is CC(C)[C@@H]1CC[C@@H](C)C[C@H]1O[C@H]1OC(=O)C[C@]1(C)[C@@H]1CCCN1C. The first-order valence-electron chi connectivity index (χ1n) is 9.86. The molecule has 3 aliphatic rings. The molecule has 4 heteroatoms. The summed E-state index contributed by atoms with van der Waals surface area (Å²) in [5.74, 6) is 1.79. The third-order valence-corrected chi connectivity index (χ3v) is 6.84. The number of carbonyl (C=O) groups excluding carboxylic acids is 1. The van der Waals surface area contributed by atoms with Gasteiger partial charge in [0, 0.05) is 6.04 Å². The van der Waals surface area contributed by atoms with Crippen LogP contribution in [0.1, 0.15) is 66.2 Å². The Kier molecular flexibility index (Phi) is 5.27. The standard InChI is InChI=1S/C20H35NO3/c1-13(2)15-9-8-14(3)11-16(15)23-19-20(4,12-18(22)24-19)17-7-6-10-21(17)5/h13-17,19H,6-12H2,1-5H3/t14-,15+,16-,17+,19+,20-/m1/s1. The number of carbonyl (C=O) groups is 1. The van der Waals surface area contributed by atoms with Crippen molar-refractivity contribution in [2.75, 3.05) is 13.6 Å². The Labute approximate surface area is 147 Å². The summed E-state index contributed by atoms with van der Waals surface area (Å²) in [4.78, 5) is 14.5. The van der Waals surface area contributed by atoms with Gasteiger partial charge in [-0.1, -0.05) is 34.1 Å². The number of cyclic esters (lactones) is 1. The quantitative estimate of drug-likeness (QED) is 0.731. The molecule has 0 amide bonds. The highest BCUT2D eigenvalue weighted by molar-refractivity contribution is 5.73. The lowest BCUT2D eigenvalue weighted by molar-refractivity contribution is -0.217. The number of rotatable bonds is 4. The van der Waals surface area contributed by atoms with Gasteiger partial charge < -0.3 is 14.4 Å². The van der Waals surface area contributed by atoms with Crippen molar-refractivity contribution in [3.8, 4) is 0 Å². The van der Waals surface area contributed by atoms with Gasteiger partial charge in [0.25, 0.3) is 0 Å². The normalized spacial score (nSPS) is 44.2. The Hall–Kier alpha value is -0.610. The molecule has 1 aliphatic carbocycles. The molecule has 0 aromatic rings. The van der Waals surface area contributed by atoms with E-state index >= 15 is 0 Å². The van der Waals surface area contributed by atoms with Gasteiger partial charge in [-0.05, 0) is 57.0 Å². The second-order valence-electron chi connectivity index (χ2n) is 9.14. The van der Waals surface area contributed by atoms with Gasteiger partial charge in [-0.25, -0.2) is 0 Å². The number of nitrogens with zero attached hydrogens (tertiary/aromatic N) is 1. The lowest BCUT2D eigenvalue weighted by Crippen LogP contribution is -2.49. The summed E-state index contributed by atoms with van der Waals surface area (Å²) >= 11 is 0. The first-order valence-corrected chi connectivity index (χ1v) is 9.86. The van der Waals surface area contributed by atoms with Crippen molar-refractivity contribution in [3.63, 3.8) is 0 Å². The van der Waals surface area contributed by atoms with Gasteiger partial charge in [-0.15, -0.1) is 0 Å². The molecule has 0 unspecified atom stereocenters. The molecule has 2 aliphatic heterocycles. The van der Waals surface area contributed by atoms with E-state index < -0.39 is 0 Å². The molecule has 0 aromatic carbocycles. The van der Waals surface area contributed by atoms with Gasteiger partial charge in [0.2, 0.25) is 6.29 Å². The van der Waals surface area contributed by atoms with Gasteiger partial charge in [0.05, 0.1) is 17.9 Å². The van der Waals surface area contributed by atoms with E-state index in [0.29, 0.717) is 30.2 Å². The van der Waals surface area contributed by atoms with Crippen LogP contribution < -0.4 is 0 Å². The molecule has 2 saturated heterocycles. The molecule has 0 bridgehead atoms. The molecule has 3 rings (SSSR count). The maximum absolute atomic E-state index is 12.1. The average molecular weight is 338 g/mol. The predicted molar refractivity (Wildman–Crippen MR) is 94.5 cm³/mol. The van der Waals surface area contributed by atoms with Crippen molar-refractivity contribution < 1.29 is 14.3 Å². The fourth-order valence-electron chi connectivity index (χ4n) is 5.32. The van der Waals surface area contributed by atoms with Gasteiger partial charge >= 0.3 is 5.97 Å². The van der Waals surface area contributed by atoms with Crippen molar-refractivity contribution in [3.05, 3.63) is 0 Å². The van der Waals surface area contributed by atoms with Crippen molar-refractivity contribution in [2.24, 2.45) is 23.2 Å². The van der Waals surface area contributed by atoms with Crippen LogP contribution in [0.15, 0.2) is 0 Å². The second-order valence-corrected chi connectivity index (χ2v) is 9.14. The molecule has 6 atom stereocenters. The molecule has 0 N–H and O–H groups in total. The van der Waals surface area contributed by atoms with Crippen molar-refractivity contribution in [2.45, 2.75) is 84.7 Å². The first kappa shape index (κ1) is 18.2. The van der Waals surface area contributed by atoms with Crippen LogP contribution in [-0.4, -0.2) is 42.9 Å². The summed E-state index contributed by atoms with van der Waals surface area (Å²) in [6.45, 7) is 10.2. The van der Waals surface area contributed by atoms with Gasteiger partial charge in [0.15, 0.2) is 0 Å². The topological polar surface area (TPSA) is 38.8 Å². The van der Waals surface area contributed by atoms with E-state index in [-0.39, 0.29) is 23.8 Å². The summed E-state index contributed by atoms with van der Waals surface area (Å²) < 4.78 is 12.3. The minimum Gasteiger partial charge on any atom is -0.435 e. The minimum atomic E-state index is -0.382. The highest BCUT2D eigenvalue weighted by Crippen LogP contribution is 2.47. The van der Waals surface area contributed by atoms with Crippen LogP contribution in [0.25, 0.3) is 0 Å². The van der Waals surface area contributed by atoms with E-state index in [1.54, 1.807) is 0 Å². The highest BCUT2D eigenvalue weighted by Gasteiger charge is 2.54. The Bertz CT molecular complexity index is 466. The summed E-state index contributed by atoms with van der Waals surface area (Å²) in [5, 5.41) is 0. The maximum atomic E-state index is 12.1. The minimum absolute atomic E-state index is 0.0900. The Morgan fingerprint density at radius 1 is 1.29 bits per heavy atom. The van der Waals surface area contributed by atoms with Crippen LogP contribution in [-0.2, 0) is 14.3 Å². The Balaban J connectivity index is 1.77. The molecular formula is C20H35NO3.